The molecule has 1 aliphatic heterocycles. The van der Waals surface area contributed by atoms with Crippen molar-refractivity contribution in [1.29, 1.82) is 0 Å². The monoisotopic (exact) mass is 470 g/mol. The van der Waals surface area contributed by atoms with E-state index in [9.17, 15) is 14.4 Å². The lowest BCUT2D eigenvalue weighted by molar-refractivity contribution is -0.119. The SMILES string of the molecule is CC(=O)Nc1sc2c(c1C(=O)OCC(=O)Nc1ccc3c(c1)OC1(CCCC1)O3)CCCC2. The molecule has 1 spiro atoms. The number of hydrogen-bond donors (Lipinski definition) is 2. The van der Waals surface area contributed by atoms with Crippen LogP contribution in [0.3, 0.4) is 0 Å². The van der Waals surface area contributed by atoms with E-state index in [1.54, 1.807) is 18.2 Å². The minimum Gasteiger partial charge on any atom is -0.452 e. The summed E-state index contributed by atoms with van der Waals surface area (Å²) in [7, 11) is 0. The molecule has 0 bridgehead atoms. The van der Waals surface area contributed by atoms with Crippen LogP contribution in [0.15, 0.2) is 18.2 Å². The summed E-state index contributed by atoms with van der Waals surface area (Å²) in [6.45, 7) is 0.975. The number of ether oxygens (including phenoxy) is 3. The molecular weight excluding hydrogens is 444 g/mol. The number of nitrogens with one attached hydrogen (secondary N) is 2. The highest BCUT2D eigenvalue weighted by Gasteiger charge is 2.44. The average Bonchev–Trinajstić information content (AvgIpc) is 3.47. The van der Waals surface area contributed by atoms with Crippen molar-refractivity contribution < 1.29 is 28.6 Å². The molecule has 2 N–H and O–H groups in total. The number of anilines is 2. The molecule has 3 aliphatic rings. The van der Waals surface area contributed by atoms with E-state index >= 15 is 0 Å². The number of carbonyl (C=O) groups is 3. The van der Waals surface area contributed by atoms with Gasteiger partial charge in [0.05, 0.1) is 5.56 Å². The topological polar surface area (TPSA) is 103 Å². The van der Waals surface area contributed by atoms with Gasteiger partial charge in [-0.25, -0.2) is 4.79 Å². The highest BCUT2D eigenvalue weighted by Crippen LogP contribution is 2.47. The van der Waals surface area contributed by atoms with E-state index in [-0.39, 0.29) is 5.91 Å². The lowest BCUT2D eigenvalue weighted by atomic mass is 9.95. The Kier molecular flexibility index (Phi) is 5.74. The lowest BCUT2D eigenvalue weighted by Crippen LogP contribution is -2.34. The van der Waals surface area contributed by atoms with Crippen LogP contribution < -0.4 is 20.1 Å². The third-order valence-electron chi connectivity index (χ3n) is 6.18. The molecule has 1 saturated carbocycles. The van der Waals surface area contributed by atoms with Crippen LogP contribution in [0, 0.1) is 0 Å². The zero-order valence-electron chi connectivity index (χ0n) is 18.5. The summed E-state index contributed by atoms with van der Waals surface area (Å²) in [4.78, 5) is 38.0. The van der Waals surface area contributed by atoms with Crippen molar-refractivity contribution >= 4 is 39.8 Å². The number of carbonyl (C=O) groups excluding carboxylic acids is 3. The van der Waals surface area contributed by atoms with Crippen molar-refractivity contribution in [3.63, 3.8) is 0 Å². The van der Waals surface area contributed by atoms with E-state index in [1.807, 2.05) is 0 Å². The van der Waals surface area contributed by atoms with Crippen LogP contribution in [-0.2, 0) is 27.2 Å². The average molecular weight is 471 g/mol. The Morgan fingerprint density at radius 2 is 1.79 bits per heavy atom. The number of benzene rings is 1. The first-order chi connectivity index (χ1) is 15.9. The Morgan fingerprint density at radius 1 is 1.03 bits per heavy atom. The van der Waals surface area contributed by atoms with Gasteiger partial charge in [0, 0.05) is 36.4 Å². The van der Waals surface area contributed by atoms with E-state index < -0.39 is 24.3 Å². The van der Waals surface area contributed by atoms with E-state index in [0.29, 0.717) is 27.8 Å². The molecule has 0 unspecified atom stereocenters. The van der Waals surface area contributed by atoms with Crippen molar-refractivity contribution in [3.8, 4) is 11.5 Å². The van der Waals surface area contributed by atoms with Crippen LogP contribution in [0.1, 0.15) is 66.2 Å². The second-order valence-corrected chi connectivity index (χ2v) is 9.81. The van der Waals surface area contributed by atoms with Gasteiger partial charge in [0.2, 0.25) is 5.91 Å². The summed E-state index contributed by atoms with van der Waals surface area (Å²) in [5.74, 6) is -0.579. The Labute approximate surface area is 195 Å². The van der Waals surface area contributed by atoms with E-state index in [2.05, 4.69) is 10.6 Å². The van der Waals surface area contributed by atoms with Gasteiger partial charge in [0.25, 0.3) is 11.7 Å². The number of aryl methyl sites for hydroxylation is 1. The number of amides is 2. The number of thiophene rings is 1. The van der Waals surface area contributed by atoms with E-state index in [1.165, 1.54) is 18.3 Å². The minimum atomic E-state index is -0.595. The molecule has 9 heteroatoms. The molecule has 0 radical (unpaired) electrons. The molecule has 2 aliphatic carbocycles. The van der Waals surface area contributed by atoms with Gasteiger partial charge in [-0.1, -0.05) is 0 Å². The standard InChI is InChI=1S/C24H26N2O6S/c1-14(27)25-22-21(16-6-2-3-7-19(16)33-22)23(29)30-13-20(28)26-15-8-9-17-18(12-15)32-24(31-17)10-4-5-11-24/h8-9,12H,2-7,10-11,13H2,1H3,(H,25,27)(H,26,28). The zero-order chi connectivity index (χ0) is 23.0. The third-order valence-corrected chi connectivity index (χ3v) is 7.39. The predicted octanol–water partition coefficient (Wildman–Crippen LogP) is 4.42. The van der Waals surface area contributed by atoms with Crippen molar-refractivity contribution in [2.75, 3.05) is 17.2 Å². The summed E-state index contributed by atoms with van der Waals surface area (Å²) in [5, 5.41) is 5.97. The second-order valence-electron chi connectivity index (χ2n) is 8.70. The van der Waals surface area contributed by atoms with Crippen molar-refractivity contribution in [1.82, 2.24) is 0 Å². The molecular formula is C24H26N2O6S. The maximum atomic E-state index is 12.9. The summed E-state index contributed by atoms with van der Waals surface area (Å²) < 4.78 is 17.3. The first-order valence-corrected chi connectivity index (χ1v) is 12.2. The first kappa shape index (κ1) is 21.8. The fourth-order valence-electron chi connectivity index (χ4n) is 4.72. The van der Waals surface area contributed by atoms with Crippen LogP contribution in [0.5, 0.6) is 11.5 Å². The summed E-state index contributed by atoms with van der Waals surface area (Å²) in [6, 6.07) is 5.24. The third kappa shape index (κ3) is 4.42. The maximum Gasteiger partial charge on any atom is 0.341 e. The molecule has 1 aromatic carbocycles. The molecule has 2 amide bonds. The number of fused-ring (bicyclic) bond motifs is 2. The van der Waals surface area contributed by atoms with Crippen LogP contribution in [0.25, 0.3) is 0 Å². The first-order valence-electron chi connectivity index (χ1n) is 11.3. The molecule has 8 nitrogen and oxygen atoms in total. The Balaban J connectivity index is 1.22. The van der Waals surface area contributed by atoms with Gasteiger partial charge in [-0.15, -0.1) is 11.3 Å². The highest BCUT2D eigenvalue weighted by molar-refractivity contribution is 7.17. The molecule has 33 heavy (non-hydrogen) atoms. The van der Waals surface area contributed by atoms with Crippen LogP contribution in [-0.4, -0.2) is 30.2 Å². The number of esters is 1. The summed E-state index contributed by atoms with van der Waals surface area (Å²) in [5.41, 5.74) is 1.85. The zero-order valence-corrected chi connectivity index (χ0v) is 19.3. The quantitative estimate of drug-likeness (QED) is 0.627. The molecule has 174 valence electrons. The van der Waals surface area contributed by atoms with Crippen LogP contribution in [0.2, 0.25) is 0 Å². The summed E-state index contributed by atoms with van der Waals surface area (Å²) >= 11 is 1.42. The fraction of sp³-hybridized carbons (Fsp3) is 0.458. The molecule has 2 heterocycles. The van der Waals surface area contributed by atoms with Crippen LogP contribution in [0.4, 0.5) is 10.7 Å². The lowest BCUT2D eigenvalue weighted by Gasteiger charge is -2.21. The molecule has 0 atom stereocenters. The molecule has 0 saturated heterocycles. The van der Waals surface area contributed by atoms with Gasteiger partial charge in [0.1, 0.15) is 5.00 Å². The van der Waals surface area contributed by atoms with Gasteiger partial charge in [-0.05, 0) is 56.2 Å². The molecule has 2 aromatic rings. The second kappa shape index (κ2) is 8.70. The van der Waals surface area contributed by atoms with Crippen LogP contribution >= 0.6 is 11.3 Å². The Morgan fingerprint density at radius 3 is 2.58 bits per heavy atom. The van der Waals surface area contributed by atoms with Crippen molar-refractivity contribution in [2.24, 2.45) is 0 Å². The van der Waals surface area contributed by atoms with E-state index in [4.69, 9.17) is 14.2 Å². The molecule has 1 aromatic heterocycles. The van der Waals surface area contributed by atoms with E-state index in [0.717, 1.165) is 61.8 Å². The highest BCUT2D eigenvalue weighted by atomic mass is 32.1. The van der Waals surface area contributed by atoms with Gasteiger partial charge < -0.3 is 24.8 Å². The molecule has 1 fully saturated rings. The number of rotatable bonds is 5. The predicted molar refractivity (Wildman–Crippen MR) is 123 cm³/mol. The molecule has 5 rings (SSSR count). The Bertz CT molecular complexity index is 1120. The Hall–Kier alpha value is -3.07. The smallest absolute Gasteiger partial charge is 0.341 e. The maximum absolute atomic E-state index is 12.9. The largest absolute Gasteiger partial charge is 0.452 e. The van der Waals surface area contributed by atoms with Crippen molar-refractivity contribution in [2.45, 2.75) is 64.1 Å². The minimum absolute atomic E-state index is 0.248. The normalized spacial score (nSPS) is 17.5. The van der Waals surface area contributed by atoms with Gasteiger partial charge in [0.15, 0.2) is 18.1 Å². The van der Waals surface area contributed by atoms with Crippen molar-refractivity contribution in [3.05, 3.63) is 34.2 Å². The number of hydrogen-bond acceptors (Lipinski definition) is 7. The van der Waals surface area contributed by atoms with Gasteiger partial charge >= 0.3 is 5.97 Å². The fourth-order valence-corrected chi connectivity index (χ4v) is 6.04. The van der Waals surface area contributed by atoms with Gasteiger partial charge in [-0.3, -0.25) is 9.59 Å². The van der Waals surface area contributed by atoms with Gasteiger partial charge in [-0.2, -0.15) is 0 Å². The summed E-state index contributed by atoms with van der Waals surface area (Å²) in [6.07, 6.45) is 7.53.